The Morgan fingerprint density at radius 1 is 1.43 bits per heavy atom. The highest BCUT2D eigenvalue weighted by molar-refractivity contribution is 6.30. The molecule has 0 saturated heterocycles. The van der Waals surface area contributed by atoms with E-state index in [0.717, 1.165) is 43.9 Å². The van der Waals surface area contributed by atoms with Crippen molar-refractivity contribution in [1.82, 2.24) is 5.32 Å². The molecule has 21 heavy (non-hydrogen) atoms. The highest BCUT2D eigenvalue weighted by Crippen LogP contribution is 2.22. The van der Waals surface area contributed by atoms with Crippen molar-refractivity contribution >= 4 is 11.6 Å². The SMILES string of the molecule is CCCNC(C1=CCCCO1)C(C)Oc1cccc(Cl)c1. The van der Waals surface area contributed by atoms with Crippen LogP contribution in [-0.4, -0.2) is 25.3 Å². The Morgan fingerprint density at radius 3 is 2.95 bits per heavy atom. The summed E-state index contributed by atoms with van der Waals surface area (Å²) in [7, 11) is 0. The van der Waals surface area contributed by atoms with Crippen molar-refractivity contribution in [2.45, 2.75) is 45.3 Å². The Morgan fingerprint density at radius 2 is 2.29 bits per heavy atom. The van der Waals surface area contributed by atoms with Crippen molar-refractivity contribution in [3.05, 3.63) is 41.1 Å². The first-order valence-corrected chi connectivity index (χ1v) is 8.07. The van der Waals surface area contributed by atoms with Crippen molar-refractivity contribution < 1.29 is 9.47 Å². The van der Waals surface area contributed by atoms with Gasteiger partial charge in [-0.3, -0.25) is 0 Å². The lowest BCUT2D eigenvalue weighted by Crippen LogP contribution is -2.44. The second-order valence-corrected chi connectivity index (χ2v) is 5.75. The van der Waals surface area contributed by atoms with Gasteiger partial charge in [0, 0.05) is 5.02 Å². The molecule has 1 heterocycles. The van der Waals surface area contributed by atoms with Gasteiger partial charge in [-0.25, -0.2) is 0 Å². The van der Waals surface area contributed by atoms with Crippen LogP contribution >= 0.6 is 11.6 Å². The van der Waals surface area contributed by atoms with E-state index in [1.165, 1.54) is 0 Å². The van der Waals surface area contributed by atoms with Crippen molar-refractivity contribution in [1.29, 1.82) is 0 Å². The average molecular weight is 310 g/mol. The fourth-order valence-electron chi connectivity index (χ4n) is 2.41. The van der Waals surface area contributed by atoms with Gasteiger partial charge in [-0.15, -0.1) is 0 Å². The number of allylic oxidation sites excluding steroid dienone is 1. The standard InChI is InChI=1S/C17H24ClNO2/c1-3-10-19-17(16-9-4-5-11-20-16)13(2)21-15-8-6-7-14(18)12-15/h6-9,12-13,17,19H,3-5,10-11H2,1-2H3. The Kier molecular flexibility index (Phi) is 6.40. The third-order valence-electron chi connectivity index (χ3n) is 3.47. The molecule has 2 atom stereocenters. The van der Waals surface area contributed by atoms with E-state index in [-0.39, 0.29) is 12.1 Å². The molecule has 2 rings (SSSR count). The number of nitrogens with one attached hydrogen (secondary N) is 1. The van der Waals surface area contributed by atoms with Gasteiger partial charge < -0.3 is 14.8 Å². The van der Waals surface area contributed by atoms with Crippen molar-refractivity contribution in [3.63, 3.8) is 0 Å². The largest absolute Gasteiger partial charge is 0.496 e. The van der Waals surface area contributed by atoms with E-state index in [0.29, 0.717) is 5.02 Å². The normalized spacial score (nSPS) is 17.6. The minimum atomic E-state index is -0.0284. The first-order valence-electron chi connectivity index (χ1n) is 7.69. The topological polar surface area (TPSA) is 30.5 Å². The minimum absolute atomic E-state index is 0.0284. The number of benzene rings is 1. The molecule has 0 fully saturated rings. The zero-order valence-electron chi connectivity index (χ0n) is 12.8. The van der Waals surface area contributed by atoms with Crippen LogP contribution in [0.25, 0.3) is 0 Å². The van der Waals surface area contributed by atoms with Gasteiger partial charge in [-0.05, 0) is 57.0 Å². The van der Waals surface area contributed by atoms with Crippen LogP contribution in [0.3, 0.4) is 0 Å². The van der Waals surface area contributed by atoms with Crippen LogP contribution in [0.5, 0.6) is 5.75 Å². The highest BCUT2D eigenvalue weighted by atomic mass is 35.5. The number of ether oxygens (including phenoxy) is 2. The van der Waals surface area contributed by atoms with Crippen LogP contribution < -0.4 is 10.1 Å². The van der Waals surface area contributed by atoms with Gasteiger partial charge in [0.05, 0.1) is 6.61 Å². The molecule has 1 N–H and O–H groups in total. The van der Waals surface area contributed by atoms with Gasteiger partial charge in [0.15, 0.2) is 0 Å². The molecule has 1 aromatic rings. The molecule has 1 aliphatic rings. The lowest BCUT2D eigenvalue weighted by molar-refractivity contribution is 0.112. The molecule has 0 aromatic heterocycles. The summed E-state index contributed by atoms with van der Waals surface area (Å²) in [5.41, 5.74) is 0. The summed E-state index contributed by atoms with van der Waals surface area (Å²) in [6.07, 6.45) is 5.39. The molecule has 1 aliphatic heterocycles. The first kappa shape index (κ1) is 16.2. The van der Waals surface area contributed by atoms with Crippen LogP contribution in [0, 0.1) is 0 Å². The summed E-state index contributed by atoms with van der Waals surface area (Å²) in [4.78, 5) is 0. The van der Waals surface area contributed by atoms with Crippen LogP contribution in [0.15, 0.2) is 36.1 Å². The number of hydrogen-bond acceptors (Lipinski definition) is 3. The van der Waals surface area contributed by atoms with Gasteiger partial charge in [0.2, 0.25) is 0 Å². The zero-order valence-corrected chi connectivity index (χ0v) is 13.5. The maximum Gasteiger partial charge on any atom is 0.121 e. The molecule has 0 amide bonds. The fourth-order valence-corrected chi connectivity index (χ4v) is 2.59. The molecule has 1 aromatic carbocycles. The van der Waals surface area contributed by atoms with Gasteiger partial charge in [0.1, 0.15) is 23.7 Å². The fraction of sp³-hybridized carbons (Fsp3) is 0.529. The van der Waals surface area contributed by atoms with E-state index in [9.17, 15) is 0 Å². The lowest BCUT2D eigenvalue weighted by Gasteiger charge is -2.29. The minimum Gasteiger partial charge on any atom is -0.496 e. The molecular formula is C17H24ClNO2. The Balaban J connectivity index is 2.06. The molecular weight excluding hydrogens is 286 g/mol. The van der Waals surface area contributed by atoms with E-state index < -0.39 is 0 Å². The van der Waals surface area contributed by atoms with E-state index in [4.69, 9.17) is 21.1 Å². The molecule has 0 bridgehead atoms. The molecule has 0 aliphatic carbocycles. The van der Waals surface area contributed by atoms with Gasteiger partial charge >= 0.3 is 0 Å². The van der Waals surface area contributed by atoms with Crippen LogP contribution in [0.4, 0.5) is 0 Å². The quantitative estimate of drug-likeness (QED) is 0.820. The second kappa shape index (κ2) is 8.30. The highest BCUT2D eigenvalue weighted by Gasteiger charge is 2.25. The number of halogens is 1. The third-order valence-corrected chi connectivity index (χ3v) is 3.71. The summed E-state index contributed by atoms with van der Waals surface area (Å²) in [6.45, 7) is 5.95. The predicted octanol–water partition coefficient (Wildman–Crippen LogP) is 4.17. The van der Waals surface area contributed by atoms with Gasteiger partial charge in [0.25, 0.3) is 0 Å². The summed E-state index contributed by atoms with van der Waals surface area (Å²) < 4.78 is 11.9. The number of hydrogen-bond donors (Lipinski definition) is 1. The van der Waals surface area contributed by atoms with Crippen LogP contribution in [-0.2, 0) is 4.74 Å². The van der Waals surface area contributed by atoms with E-state index in [2.05, 4.69) is 25.2 Å². The van der Waals surface area contributed by atoms with Crippen molar-refractivity contribution in [3.8, 4) is 5.75 Å². The predicted molar refractivity (Wildman–Crippen MR) is 86.9 cm³/mol. The maximum absolute atomic E-state index is 6.04. The first-order chi connectivity index (χ1) is 10.2. The summed E-state index contributed by atoms with van der Waals surface area (Å²) in [5, 5.41) is 4.21. The van der Waals surface area contributed by atoms with E-state index >= 15 is 0 Å². The zero-order chi connectivity index (χ0) is 15.1. The average Bonchev–Trinajstić information content (AvgIpc) is 2.49. The summed E-state index contributed by atoms with van der Waals surface area (Å²) >= 11 is 6.01. The summed E-state index contributed by atoms with van der Waals surface area (Å²) in [6, 6.07) is 7.58. The Hall–Kier alpha value is -1.19. The van der Waals surface area contributed by atoms with Crippen LogP contribution in [0.1, 0.15) is 33.1 Å². The smallest absolute Gasteiger partial charge is 0.121 e. The monoisotopic (exact) mass is 309 g/mol. The molecule has 0 saturated carbocycles. The second-order valence-electron chi connectivity index (χ2n) is 5.31. The molecule has 3 nitrogen and oxygen atoms in total. The Labute approximate surface area is 132 Å². The molecule has 2 unspecified atom stereocenters. The molecule has 0 spiro atoms. The summed E-state index contributed by atoms with van der Waals surface area (Å²) in [5.74, 6) is 1.79. The van der Waals surface area contributed by atoms with Crippen molar-refractivity contribution in [2.75, 3.05) is 13.2 Å². The molecule has 0 radical (unpaired) electrons. The van der Waals surface area contributed by atoms with Gasteiger partial charge in [-0.2, -0.15) is 0 Å². The third kappa shape index (κ3) is 4.94. The lowest BCUT2D eigenvalue weighted by atomic mass is 10.1. The molecule has 4 heteroatoms. The van der Waals surface area contributed by atoms with E-state index in [1.54, 1.807) is 0 Å². The van der Waals surface area contributed by atoms with E-state index in [1.807, 2.05) is 24.3 Å². The number of rotatable bonds is 7. The van der Waals surface area contributed by atoms with Crippen molar-refractivity contribution in [2.24, 2.45) is 0 Å². The Bertz CT molecular complexity index is 476. The van der Waals surface area contributed by atoms with Crippen LogP contribution in [0.2, 0.25) is 5.02 Å². The maximum atomic E-state index is 6.04. The van der Waals surface area contributed by atoms with Gasteiger partial charge in [-0.1, -0.05) is 24.6 Å². The molecule has 116 valence electrons.